The molecule has 0 aliphatic rings. The van der Waals surface area contributed by atoms with Crippen LogP contribution in [0.5, 0.6) is 5.75 Å². The van der Waals surface area contributed by atoms with Crippen molar-refractivity contribution in [2.75, 3.05) is 5.32 Å². The largest absolute Gasteiger partial charge is 0.486 e. The van der Waals surface area contributed by atoms with E-state index in [1.807, 2.05) is 0 Å². The Balaban J connectivity index is 1.43. The zero-order chi connectivity index (χ0) is 26.0. The van der Waals surface area contributed by atoms with Crippen molar-refractivity contribution in [2.45, 2.75) is 13.2 Å². The molecule has 0 aliphatic carbocycles. The van der Waals surface area contributed by atoms with Gasteiger partial charge in [0.05, 0.1) is 22.2 Å². The molecule has 1 amide bonds. The first-order valence-electron chi connectivity index (χ1n) is 10.2. The lowest BCUT2D eigenvalue weighted by molar-refractivity contribution is 0.102. The monoisotopic (exact) mass is 557 g/mol. The van der Waals surface area contributed by atoms with Crippen LogP contribution < -0.4 is 10.1 Å². The fourth-order valence-corrected chi connectivity index (χ4v) is 4.18. The van der Waals surface area contributed by atoms with Gasteiger partial charge in [0.25, 0.3) is 5.91 Å². The van der Waals surface area contributed by atoms with Crippen LogP contribution in [-0.4, -0.2) is 15.7 Å². The third-order valence-electron chi connectivity index (χ3n) is 4.94. The summed E-state index contributed by atoms with van der Waals surface area (Å²) in [5.41, 5.74) is 0.0691. The van der Waals surface area contributed by atoms with E-state index in [0.29, 0.717) is 10.6 Å². The second-order valence-electron chi connectivity index (χ2n) is 7.49. The quantitative estimate of drug-likeness (QED) is 0.192. The van der Waals surface area contributed by atoms with E-state index < -0.39 is 41.3 Å². The highest BCUT2D eigenvalue weighted by Gasteiger charge is 2.20. The Morgan fingerprint density at radius 1 is 0.944 bits per heavy atom. The molecule has 3 aromatic carbocycles. The molecule has 0 unspecified atom stereocenters. The average molecular weight is 559 g/mol. The number of benzene rings is 3. The maximum Gasteiger partial charge on any atom is 0.256 e. The van der Waals surface area contributed by atoms with E-state index in [1.165, 1.54) is 24.4 Å². The van der Waals surface area contributed by atoms with Crippen molar-refractivity contribution in [2.24, 2.45) is 0 Å². The molecule has 1 heterocycles. The normalized spacial score (nSPS) is 11.0. The first-order valence-corrected chi connectivity index (χ1v) is 11.3. The molecule has 0 aliphatic heterocycles. The molecule has 0 atom stereocenters. The molecule has 5 nitrogen and oxygen atoms in total. The van der Waals surface area contributed by atoms with Gasteiger partial charge >= 0.3 is 0 Å². The molecule has 0 bridgehead atoms. The number of nitrogens with zero attached hydrogens (tertiary/aromatic N) is 2. The van der Waals surface area contributed by atoms with Crippen LogP contribution >= 0.6 is 34.8 Å². The number of anilines is 1. The van der Waals surface area contributed by atoms with Crippen molar-refractivity contribution in [3.05, 3.63) is 110 Å². The molecule has 4 aromatic rings. The van der Waals surface area contributed by atoms with Crippen molar-refractivity contribution >= 4 is 46.5 Å². The van der Waals surface area contributed by atoms with Crippen LogP contribution in [0.4, 0.5) is 23.4 Å². The van der Waals surface area contributed by atoms with Gasteiger partial charge in [-0.2, -0.15) is 5.10 Å². The molecule has 186 valence electrons. The lowest BCUT2D eigenvalue weighted by Gasteiger charge is -2.11. The van der Waals surface area contributed by atoms with Crippen molar-refractivity contribution in [1.29, 1.82) is 0 Å². The Morgan fingerprint density at radius 3 is 2.28 bits per heavy atom. The van der Waals surface area contributed by atoms with E-state index in [-0.39, 0.29) is 39.8 Å². The highest BCUT2D eigenvalue weighted by Crippen LogP contribution is 2.36. The predicted octanol–water partition coefficient (Wildman–Crippen LogP) is 7.28. The number of aromatic nitrogens is 2. The van der Waals surface area contributed by atoms with Crippen molar-refractivity contribution in [3.8, 4) is 5.75 Å². The summed E-state index contributed by atoms with van der Waals surface area (Å²) < 4.78 is 61.4. The van der Waals surface area contributed by atoms with E-state index >= 15 is 0 Å². The summed E-state index contributed by atoms with van der Waals surface area (Å²) in [5.74, 6) is -6.31. The minimum Gasteiger partial charge on any atom is -0.486 e. The predicted molar refractivity (Wildman–Crippen MR) is 128 cm³/mol. The number of hydrogen-bond acceptors (Lipinski definition) is 3. The number of ether oxygens (including phenoxy) is 1. The van der Waals surface area contributed by atoms with Gasteiger partial charge in [-0.25, -0.2) is 17.6 Å². The number of hydrogen-bond donors (Lipinski definition) is 1. The van der Waals surface area contributed by atoms with Crippen molar-refractivity contribution < 1.29 is 27.1 Å². The van der Waals surface area contributed by atoms with E-state index in [0.717, 1.165) is 4.68 Å². The average Bonchev–Trinajstić information content (AvgIpc) is 3.27. The Hall–Kier alpha value is -3.27. The molecule has 12 heteroatoms. The second-order valence-corrected chi connectivity index (χ2v) is 8.74. The fourth-order valence-electron chi connectivity index (χ4n) is 3.25. The molecule has 0 saturated carbocycles. The lowest BCUT2D eigenvalue weighted by atomic mass is 10.1. The minimum atomic E-state index is -1.52. The van der Waals surface area contributed by atoms with Crippen LogP contribution in [0, 0.1) is 23.3 Å². The fraction of sp³-hybridized carbons (Fsp3) is 0.0833. The third kappa shape index (κ3) is 5.75. The highest BCUT2D eigenvalue weighted by molar-refractivity contribution is 6.40. The summed E-state index contributed by atoms with van der Waals surface area (Å²) in [6.45, 7) is -0.539. The van der Waals surface area contributed by atoms with Gasteiger partial charge < -0.3 is 10.1 Å². The first kappa shape index (κ1) is 25.8. The van der Waals surface area contributed by atoms with Gasteiger partial charge in [-0.1, -0.05) is 46.9 Å². The Bertz CT molecular complexity index is 1410. The van der Waals surface area contributed by atoms with Crippen molar-refractivity contribution in [1.82, 2.24) is 9.78 Å². The molecule has 1 N–H and O–H groups in total. The molecule has 0 saturated heterocycles. The van der Waals surface area contributed by atoms with Gasteiger partial charge in [0.1, 0.15) is 6.61 Å². The lowest BCUT2D eigenvalue weighted by Crippen LogP contribution is -2.14. The Morgan fingerprint density at radius 2 is 1.61 bits per heavy atom. The molecule has 4 rings (SSSR count). The topological polar surface area (TPSA) is 56.2 Å². The van der Waals surface area contributed by atoms with E-state index in [1.54, 1.807) is 24.3 Å². The van der Waals surface area contributed by atoms with Crippen LogP contribution in [-0.2, 0) is 13.2 Å². The van der Waals surface area contributed by atoms with Crippen LogP contribution in [0.15, 0.2) is 54.7 Å². The molecule has 0 spiro atoms. The number of halogens is 7. The zero-order valence-electron chi connectivity index (χ0n) is 18.0. The van der Waals surface area contributed by atoms with Gasteiger partial charge in [0.15, 0.2) is 34.8 Å². The van der Waals surface area contributed by atoms with Crippen LogP contribution in [0.25, 0.3) is 0 Å². The number of nitrogens with one attached hydrogen (secondary N) is 1. The second kappa shape index (κ2) is 10.8. The highest BCUT2D eigenvalue weighted by atomic mass is 35.5. The maximum absolute atomic E-state index is 13.9. The van der Waals surface area contributed by atoms with Gasteiger partial charge in [0.2, 0.25) is 0 Å². The van der Waals surface area contributed by atoms with Crippen LogP contribution in [0.2, 0.25) is 15.1 Å². The van der Waals surface area contributed by atoms with E-state index in [4.69, 9.17) is 39.5 Å². The number of carbonyl (C=O) groups excluding carboxylic acids is 1. The third-order valence-corrected chi connectivity index (χ3v) is 5.72. The van der Waals surface area contributed by atoms with Gasteiger partial charge in [-0.15, -0.1) is 0 Å². The van der Waals surface area contributed by atoms with E-state index in [2.05, 4.69) is 10.4 Å². The van der Waals surface area contributed by atoms with Crippen LogP contribution in [0.3, 0.4) is 0 Å². The summed E-state index contributed by atoms with van der Waals surface area (Å²) >= 11 is 18.1. The molecular formula is C24H14Cl3F4N3O2. The SMILES string of the molecule is O=C(Nc1ccn(Cc2c(F)c(F)cc(F)c2F)n1)c1cccc(COc2c(Cl)cc(Cl)cc2Cl)c1. The number of carbonyl (C=O) groups is 1. The Kier molecular flexibility index (Phi) is 7.73. The Labute approximate surface area is 217 Å². The van der Waals surface area contributed by atoms with Crippen LogP contribution in [0.1, 0.15) is 21.5 Å². The molecule has 1 aromatic heterocycles. The number of amides is 1. The van der Waals surface area contributed by atoms with E-state index in [9.17, 15) is 22.4 Å². The number of rotatable bonds is 7. The summed E-state index contributed by atoms with van der Waals surface area (Å²) in [5, 5.41) is 7.34. The summed E-state index contributed by atoms with van der Waals surface area (Å²) in [7, 11) is 0. The van der Waals surface area contributed by atoms with Gasteiger partial charge in [0, 0.05) is 28.9 Å². The molecule has 36 heavy (non-hydrogen) atoms. The molecule has 0 fully saturated rings. The molecular weight excluding hydrogens is 545 g/mol. The van der Waals surface area contributed by atoms with Crippen molar-refractivity contribution in [3.63, 3.8) is 0 Å². The van der Waals surface area contributed by atoms with Gasteiger partial charge in [-0.05, 0) is 29.8 Å². The summed E-state index contributed by atoms with van der Waals surface area (Å²) in [4.78, 5) is 12.7. The zero-order valence-corrected chi connectivity index (χ0v) is 20.2. The first-order chi connectivity index (χ1) is 17.1. The van der Waals surface area contributed by atoms with Gasteiger partial charge in [-0.3, -0.25) is 9.48 Å². The summed E-state index contributed by atoms with van der Waals surface area (Å²) in [6, 6.07) is 11.0. The standard InChI is InChI=1S/C24H14Cl3F4N3O2/c25-14-7-16(26)23(17(27)8-14)36-11-12-2-1-3-13(6-12)24(35)32-20-4-5-34(33-20)10-15-21(30)18(28)9-19(29)22(15)31/h1-9H,10-11H2,(H,32,33,35). The minimum absolute atomic E-state index is 0.0537. The smallest absolute Gasteiger partial charge is 0.256 e. The maximum atomic E-state index is 13.9. The summed E-state index contributed by atoms with van der Waals surface area (Å²) in [6.07, 6.45) is 1.29. The molecule has 0 radical (unpaired) electrons.